The number of rotatable bonds is 11. The predicted octanol–water partition coefficient (Wildman–Crippen LogP) is 2.86. The molecule has 0 radical (unpaired) electrons. The van der Waals surface area contributed by atoms with E-state index in [-0.39, 0.29) is 0 Å². The largest absolute Gasteiger partial charge is 0.500 e. The van der Waals surface area contributed by atoms with E-state index in [1.165, 1.54) is 0 Å². The molecule has 0 aromatic heterocycles. The van der Waals surface area contributed by atoms with E-state index in [0.29, 0.717) is 0 Å². The van der Waals surface area contributed by atoms with Crippen molar-refractivity contribution in [3.8, 4) is 0 Å². The van der Waals surface area contributed by atoms with E-state index in [1.54, 1.807) is 33.1 Å². The van der Waals surface area contributed by atoms with Crippen LogP contribution in [-0.2, 0) is 13.3 Å². The zero-order chi connectivity index (χ0) is 12.3. The average Bonchev–Trinajstić information content (AvgIpc) is 2.34. The van der Waals surface area contributed by atoms with Crippen LogP contribution in [0, 0.1) is 0 Å². The summed E-state index contributed by atoms with van der Waals surface area (Å²) in [6, 6.07) is 0.887. The first-order chi connectivity index (χ1) is 7.74. The molecule has 0 aromatic carbocycles. The topological polar surface area (TPSA) is 27.7 Å². The lowest BCUT2D eigenvalue weighted by Gasteiger charge is -2.24. The second-order valence-electron chi connectivity index (χ2n) is 3.05. The van der Waals surface area contributed by atoms with Crippen molar-refractivity contribution in [1.29, 1.82) is 0 Å². The van der Waals surface area contributed by atoms with Crippen LogP contribution in [0.15, 0.2) is 12.0 Å². The molecule has 96 valence electrons. The summed E-state index contributed by atoms with van der Waals surface area (Å²) in [6.45, 7) is 3.67. The summed E-state index contributed by atoms with van der Waals surface area (Å²) >= 11 is 3.72. The van der Waals surface area contributed by atoms with E-state index in [2.05, 4.69) is 6.58 Å². The highest BCUT2D eigenvalue weighted by molar-refractivity contribution is 8.04. The van der Waals surface area contributed by atoms with Crippen LogP contribution in [-0.4, -0.2) is 47.4 Å². The summed E-state index contributed by atoms with van der Waals surface area (Å²) in [4.78, 5) is 0. The van der Waals surface area contributed by atoms with Crippen molar-refractivity contribution in [2.24, 2.45) is 0 Å². The van der Waals surface area contributed by atoms with Gasteiger partial charge in [0.25, 0.3) is 0 Å². The fraction of sp³-hybridized carbons (Fsp3) is 0.800. The van der Waals surface area contributed by atoms with Crippen LogP contribution in [0.25, 0.3) is 0 Å². The van der Waals surface area contributed by atoms with Crippen molar-refractivity contribution in [1.82, 2.24) is 0 Å². The molecule has 0 aliphatic rings. The summed E-state index contributed by atoms with van der Waals surface area (Å²) < 4.78 is 16.0. The zero-order valence-electron chi connectivity index (χ0n) is 10.4. The molecule has 0 aliphatic heterocycles. The quantitative estimate of drug-likeness (QED) is 0.429. The van der Waals surface area contributed by atoms with Gasteiger partial charge >= 0.3 is 8.80 Å². The lowest BCUT2D eigenvalue weighted by atomic mass is 10.6. The molecule has 16 heavy (non-hydrogen) atoms. The average molecular weight is 283 g/mol. The highest BCUT2D eigenvalue weighted by Crippen LogP contribution is 2.17. The van der Waals surface area contributed by atoms with Gasteiger partial charge in [-0.1, -0.05) is 6.58 Å². The molecule has 0 atom stereocenters. The second kappa shape index (κ2) is 10.7. The molecule has 0 aromatic rings. The van der Waals surface area contributed by atoms with Gasteiger partial charge in [0.05, 0.1) is 0 Å². The molecule has 0 fully saturated rings. The van der Waals surface area contributed by atoms with Gasteiger partial charge in [0, 0.05) is 38.9 Å². The fourth-order valence-corrected chi connectivity index (χ4v) is 4.79. The van der Waals surface area contributed by atoms with E-state index in [9.17, 15) is 0 Å². The third kappa shape index (κ3) is 6.98. The van der Waals surface area contributed by atoms with E-state index in [4.69, 9.17) is 13.3 Å². The third-order valence-electron chi connectivity index (χ3n) is 2.17. The van der Waals surface area contributed by atoms with Gasteiger partial charge in [-0.2, -0.15) is 11.8 Å². The Morgan fingerprint density at radius 3 is 2.19 bits per heavy atom. The summed E-state index contributed by atoms with van der Waals surface area (Å²) in [7, 11) is 2.65. The molecule has 0 bridgehead atoms. The molecule has 0 spiro atoms. The molecule has 0 saturated heterocycles. The first kappa shape index (κ1) is 16.5. The standard InChI is InChI=1S/C10H22O3S2Si/c1-5-14-8-9-15-7-6-10-16(11-2,12-3)13-4/h5H,1,6-10H2,2-4H3. The van der Waals surface area contributed by atoms with E-state index < -0.39 is 8.80 Å². The maximum Gasteiger partial charge on any atom is 0.500 e. The first-order valence-electron chi connectivity index (χ1n) is 5.20. The highest BCUT2D eigenvalue weighted by atomic mass is 32.2. The van der Waals surface area contributed by atoms with Crippen molar-refractivity contribution >= 4 is 32.3 Å². The second-order valence-corrected chi connectivity index (χ2v) is 8.44. The van der Waals surface area contributed by atoms with Crippen molar-refractivity contribution in [3.63, 3.8) is 0 Å². The molecular weight excluding hydrogens is 260 g/mol. The maximum atomic E-state index is 5.35. The molecular formula is C10H22O3S2Si. The van der Waals surface area contributed by atoms with Crippen molar-refractivity contribution < 1.29 is 13.3 Å². The molecule has 0 saturated carbocycles. The van der Waals surface area contributed by atoms with Crippen LogP contribution in [0.3, 0.4) is 0 Å². The number of hydrogen-bond donors (Lipinski definition) is 0. The van der Waals surface area contributed by atoms with E-state index in [0.717, 1.165) is 29.7 Å². The number of thioether (sulfide) groups is 2. The minimum absolute atomic E-state index is 0.887. The minimum Gasteiger partial charge on any atom is -0.377 e. The molecule has 0 unspecified atom stereocenters. The van der Waals surface area contributed by atoms with Crippen LogP contribution < -0.4 is 0 Å². The Morgan fingerprint density at radius 2 is 1.69 bits per heavy atom. The van der Waals surface area contributed by atoms with Crippen LogP contribution in [0.4, 0.5) is 0 Å². The lowest BCUT2D eigenvalue weighted by Crippen LogP contribution is -2.42. The zero-order valence-corrected chi connectivity index (χ0v) is 13.0. The van der Waals surface area contributed by atoms with Gasteiger partial charge < -0.3 is 13.3 Å². The van der Waals surface area contributed by atoms with Gasteiger partial charge in [0.15, 0.2) is 0 Å². The Kier molecular flexibility index (Phi) is 11.0. The highest BCUT2D eigenvalue weighted by Gasteiger charge is 2.36. The summed E-state index contributed by atoms with van der Waals surface area (Å²) in [5, 5.41) is 1.89. The minimum atomic E-state index is -2.33. The lowest BCUT2D eigenvalue weighted by molar-refractivity contribution is 0.123. The van der Waals surface area contributed by atoms with Crippen LogP contribution in [0.5, 0.6) is 0 Å². The normalized spacial score (nSPS) is 11.7. The van der Waals surface area contributed by atoms with Crippen molar-refractivity contribution in [2.45, 2.75) is 12.5 Å². The molecule has 0 rings (SSSR count). The van der Waals surface area contributed by atoms with E-state index >= 15 is 0 Å². The van der Waals surface area contributed by atoms with Crippen LogP contribution in [0.2, 0.25) is 6.04 Å². The predicted molar refractivity (Wildman–Crippen MR) is 76.2 cm³/mol. The Bertz CT molecular complexity index is 169. The van der Waals surface area contributed by atoms with Gasteiger partial charge in [-0.05, 0) is 17.6 Å². The fourth-order valence-electron chi connectivity index (χ4n) is 1.24. The van der Waals surface area contributed by atoms with Gasteiger partial charge in [-0.25, -0.2) is 0 Å². The molecule has 6 heteroatoms. The molecule has 0 amide bonds. The summed E-state index contributed by atoms with van der Waals surface area (Å²) in [5.41, 5.74) is 0. The van der Waals surface area contributed by atoms with Crippen molar-refractivity contribution in [3.05, 3.63) is 12.0 Å². The van der Waals surface area contributed by atoms with Crippen molar-refractivity contribution in [2.75, 3.05) is 38.6 Å². The first-order valence-corrected chi connectivity index (χ1v) is 9.34. The molecule has 0 heterocycles. The Labute approximate surface area is 109 Å². The van der Waals surface area contributed by atoms with Gasteiger partial charge in [0.2, 0.25) is 0 Å². The van der Waals surface area contributed by atoms with Gasteiger partial charge in [-0.3, -0.25) is 0 Å². The van der Waals surface area contributed by atoms with Gasteiger partial charge in [0.1, 0.15) is 0 Å². The Balaban J connectivity index is 3.51. The SMILES string of the molecule is C=CSCCSCCC[Si](OC)(OC)OC. The van der Waals surface area contributed by atoms with Crippen LogP contribution >= 0.6 is 23.5 Å². The van der Waals surface area contributed by atoms with Crippen LogP contribution in [0.1, 0.15) is 6.42 Å². The maximum absolute atomic E-state index is 5.35. The Hall–Kier alpha value is 0.537. The Morgan fingerprint density at radius 1 is 1.06 bits per heavy atom. The van der Waals surface area contributed by atoms with E-state index in [1.807, 2.05) is 17.2 Å². The molecule has 0 aliphatic carbocycles. The smallest absolute Gasteiger partial charge is 0.377 e. The molecule has 0 N–H and O–H groups in total. The summed E-state index contributed by atoms with van der Waals surface area (Å²) in [6.07, 6.45) is 1.07. The third-order valence-corrected chi connectivity index (χ3v) is 7.00. The van der Waals surface area contributed by atoms with Gasteiger partial charge in [-0.15, -0.1) is 11.8 Å². The number of hydrogen-bond acceptors (Lipinski definition) is 5. The summed E-state index contributed by atoms with van der Waals surface area (Å²) in [5.74, 6) is 3.43. The molecule has 3 nitrogen and oxygen atoms in total. The monoisotopic (exact) mass is 282 g/mol.